The summed E-state index contributed by atoms with van der Waals surface area (Å²) in [5.74, 6) is -2.52. The average Bonchev–Trinajstić information content (AvgIpc) is 2.95. The molecule has 12 heteroatoms. The number of nitrogens with one attached hydrogen (secondary N) is 2. The van der Waals surface area contributed by atoms with Crippen molar-refractivity contribution in [1.82, 2.24) is 10.6 Å². The van der Waals surface area contributed by atoms with Crippen molar-refractivity contribution in [2.75, 3.05) is 7.11 Å². The molecule has 1 aromatic carbocycles. The van der Waals surface area contributed by atoms with Gasteiger partial charge in [-0.25, -0.2) is 19.2 Å². The molecule has 2 amide bonds. The number of methoxy groups -OCH3 is 1. The van der Waals surface area contributed by atoms with Gasteiger partial charge in [-0.2, -0.15) is 0 Å². The number of alkyl carbamates (subject to hydrolysis) is 2. The zero-order valence-corrected chi connectivity index (χ0v) is 31.6. The van der Waals surface area contributed by atoms with Crippen molar-refractivity contribution in [3.63, 3.8) is 0 Å². The smallest absolute Gasteiger partial charge is 0.408 e. The highest BCUT2D eigenvalue weighted by Crippen LogP contribution is 2.58. The van der Waals surface area contributed by atoms with Crippen molar-refractivity contribution in [3.8, 4) is 17.2 Å². The Morgan fingerprint density at radius 1 is 0.780 bits per heavy atom. The van der Waals surface area contributed by atoms with Crippen LogP contribution in [0.2, 0.25) is 0 Å². The zero-order valence-electron chi connectivity index (χ0n) is 31.6. The van der Waals surface area contributed by atoms with Crippen LogP contribution in [0.15, 0.2) is 29.9 Å². The number of benzene rings is 1. The molecule has 0 spiro atoms. The summed E-state index contributed by atoms with van der Waals surface area (Å²) in [7, 11) is 1.37. The maximum absolute atomic E-state index is 13.7. The fourth-order valence-electron chi connectivity index (χ4n) is 5.92. The van der Waals surface area contributed by atoms with Crippen LogP contribution in [0.4, 0.5) is 9.59 Å². The third kappa shape index (κ3) is 10.1. The third-order valence-corrected chi connectivity index (χ3v) is 8.65. The van der Waals surface area contributed by atoms with Crippen LogP contribution in [0.5, 0.6) is 17.2 Å². The van der Waals surface area contributed by atoms with Crippen molar-refractivity contribution in [2.24, 2.45) is 29.1 Å². The third-order valence-electron chi connectivity index (χ3n) is 8.65. The lowest BCUT2D eigenvalue weighted by atomic mass is 9.48. The summed E-state index contributed by atoms with van der Waals surface area (Å²) in [5, 5.41) is 5.13. The summed E-state index contributed by atoms with van der Waals surface area (Å²) in [6, 6.07) is 0.820. The standard InChI is InChI=1S/C38H54N2O10/c1-20(2)29(39-34(44)49-36(5,6)7)32(42)47-28-17-22(14-15-23-18-26(41)25-19-24(23)38(25,11)12)16-27(46-13)31(28)48-33(43)30(21(3)4)40-35(45)50-37(8,9)10/h14-18,20-21,24-25,29-30H,19H2,1-13H3,(H,39,44)(H,40,45)/b15-14+/t24-,25+,29-,30-/m0/s1. The molecule has 50 heavy (non-hydrogen) atoms. The Balaban J connectivity index is 2.03. The van der Waals surface area contributed by atoms with E-state index in [-0.39, 0.29) is 40.3 Å². The highest BCUT2D eigenvalue weighted by Gasteiger charge is 2.54. The van der Waals surface area contributed by atoms with E-state index in [1.807, 2.05) is 6.08 Å². The molecule has 12 nitrogen and oxygen atoms in total. The first-order chi connectivity index (χ1) is 22.9. The maximum atomic E-state index is 13.7. The molecule has 3 aliphatic rings. The van der Waals surface area contributed by atoms with Crippen LogP contribution in [0, 0.1) is 29.1 Å². The van der Waals surface area contributed by atoms with Gasteiger partial charge in [-0.3, -0.25) is 4.79 Å². The number of ether oxygens (including phenoxy) is 5. The van der Waals surface area contributed by atoms with Crippen LogP contribution in [0.25, 0.3) is 6.08 Å². The van der Waals surface area contributed by atoms with E-state index < -0.39 is 59.2 Å². The quantitative estimate of drug-likeness (QED) is 0.186. The number of ketones is 1. The first kappa shape index (κ1) is 40.1. The molecule has 0 aromatic heterocycles. The number of carbonyl (C=O) groups is 5. The van der Waals surface area contributed by atoms with Gasteiger partial charge < -0.3 is 34.3 Å². The number of carbonyl (C=O) groups excluding carboxylic acids is 5. The normalized spacial score (nSPS) is 19.6. The van der Waals surface area contributed by atoms with Crippen molar-refractivity contribution >= 4 is 36.0 Å². The lowest BCUT2D eigenvalue weighted by molar-refractivity contribution is -0.140. The van der Waals surface area contributed by atoms with Gasteiger partial charge >= 0.3 is 24.1 Å². The molecule has 1 aromatic rings. The largest absolute Gasteiger partial charge is 0.493 e. The zero-order chi connectivity index (χ0) is 37.9. The molecular weight excluding hydrogens is 644 g/mol. The lowest BCUT2D eigenvalue weighted by Crippen LogP contribution is -2.52. The minimum Gasteiger partial charge on any atom is -0.493 e. The van der Waals surface area contributed by atoms with Crippen LogP contribution in [0.3, 0.4) is 0 Å². The predicted molar refractivity (Wildman–Crippen MR) is 188 cm³/mol. The SMILES string of the molecule is COc1cc(/C=C/C2=CC(=O)[C@H]3C[C@@H]2C3(C)C)cc(OC(=O)[C@@H](NC(=O)OC(C)(C)C)C(C)C)c1OC(=O)[C@@H](NC(=O)OC(C)(C)C)C(C)C. The first-order valence-corrected chi connectivity index (χ1v) is 17.0. The van der Waals surface area contributed by atoms with Gasteiger partial charge in [0, 0.05) is 5.92 Å². The van der Waals surface area contributed by atoms with E-state index in [2.05, 4.69) is 24.5 Å². The summed E-state index contributed by atoms with van der Waals surface area (Å²) >= 11 is 0. The molecule has 0 radical (unpaired) electrons. The maximum Gasteiger partial charge on any atom is 0.408 e. The number of hydrogen-bond acceptors (Lipinski definition) is 10. The minimum absolute atomic E-state index is 0.0207. The van der Waals surface area contributed by atoms with E-state index in [1.165, 1.54) is 13.2 Å². The molecule has 0 unspecified atom stereocenters. The number of rotatable bonds is 11. The topological polar surface area (TPSA) is 156 Å². The van der Waals surface area contributed by atoms with Gasteiger partial charge in [0.05, 0.1) is 7.11 Å². The summed E-state index contributed by atoms with van der Waals surface area (Å²) in [5.41, 5.74) is -0.342. The van der Waals surface area contributed by atoms with Crippen molar-refractivity contribution in [2.45, 2.75) is 113 Å². The van der Waals surface area contributed by atoms with E-state index in [1.54, 1.807) is 87.5 Å². The molecule has 0 aliphatic heterocycles. The van der Waals surface area contributed by atoms with Gasteiger partial charge in [0.25, 0.3) is 0 Å². The van der Waals surface area contributed by atoms with Crippen molar-refractivity contribution in [1.29, 1.82) is 0 Å². The summed E-state index contributed by atoms with van der Waals surface area (Å²) in [6.45, 7) is 21.3. The minimum atomic E-state index is -1.14. The summed E-state index contributed by atoms with van der Waals surface area (Å²) < 4.78 is 28.0. The second kappa shape index (κ2) is 15.3. The van der Waals surface area contributed by atoms with Gasteiger partial charge in [-0.05, 0) is 100 Å². The van der Waals surface area contributed by atoms with Crippen LogP contribution in [0.1, 0.15) is 95.1 Å². The van der Waals surface area contributed by atoms with E-state index in [4.69, 9.17) is 23.7 Å². The van der Waals surface area contributed by atoms with Crippen molar-refractivity contribution < 1.29 is 47.7 Å². The van der Waals surface area contributed by atoms with Crippen LogP contribution in [-0.2, 0) is 23.9 Å². The van der Waals surface area contributed by atoms with Crippen molar-refractivity contribution in [3.05, 3.63) is 35.4 Å². The van der Waals surface area contributed by atoms with E-state index in [9.17, 15) is 24.0 Å². The predicted octanol–water partition coefficient (Wildman–Crippen LogP) is 6.79. The molecule has 4 rings (SSSR count). The number of fused-ring (bicyclic) bond motifs is 1. The molecule has 1 fully saturated rings. The number of hydrogen-bond donors (Lipinski definition) is 2. The Morgan fingerprint density at radius 2 is 1.26 bits per heavy atom. The Kier molecular flexibility index (Phi) is 12.2. The molecule has 4 atom stereocenters. The number of allylic oxidation sites excluding steroid dienone is 3. The molecule has 1 saturated carbocycles. The number of amides is 2. The Bertz CT molecular complexity index is 1540. The monoisotopic (exact) mass is 698 g/mol. The van der Waals surface area contributed by atoms with Crippen LogP contribution >= 0.6 is 0 Å². The summed E-state index contributed by atoms with van der Waals surface area (Å²) in [4.78, 5) is 65.2. The lowest BCUT2D eigenvalue weighted by Gasteiger charge is -2.54. The second-order valence-corrected chi connectivity index (χ2v) is 16.2. The van der Waals surface area contributed by atoms with Crippen LogP contribution < -0.4 is 24.8 Å². The summed E-state index contributed by atoms with van der Waals surface area (Å²) in [6.07, 6.45) is 4.47. The van der Waals surface area contributed by atoms with Gasteiger partial charge in [0.15, 0.2) is 17.3 Å². The Hall–Kier alpha value is -4.35. The molecule has 3 aliphatic carbocycles. The fraction of sp³-hybridized carbons (Fsp3) is 0.605. The Morgan fingerprint density at radius 3 is 1.68 bits per heavy atom. The number of esters is 2. The van der Waals surface area contributed by atoms with Gasteiger partial charge in [-0.1, -0.05) is 53.7 Å². The Labute approximate surface area is 295 Å². The molecule has 276 valence electrons. The highest BCUT2D eigenvalue weighted by molar-refractivity contribution is 5.97. The molecule has 0 heterocycles. The van der Waals surface area contributed by atoms with Crippen LogP contribution in [-0.4, -0.2) is 60.3 Å². The highest BCUT2D eigenvalue weighted by atomic mass is 16.6. The van der Waals surface area contributed by atoms with E-state index in [0.29, 0.717) is 5.56 Å². The van der Waals surface area contributed by atoms with E-state index >= 15 is 0 Å². The second-order valence-electron chi connectivity index (χ2n) is 16.2. The van der Waals surface area contributed by atoms with Gasteiger partial charge in [-0.15, -0.1) is 0 Å². The van der Waals surface area contributed by atoms with Gasteiger partial charge in [0.2, 0.25) is 5.75 Å². The fourth-order valence-corrected chi connectivity index (χ4v) is 5.92. The molecular formula is C38H54N2O10. The van der Waals surface area contributed by atoms with Gasteiger partial charge in [0.1, 0.15) is 23.3 Å². The van der Waals surface area contributed by atoms with E-state index in [0.717, 1.165) is 12.0 Å². The first-order valence-electron chi connectivity index (χ1n) is 17.0. The molecule has 0 saturated heterocycles. The molecule has 2 bridgehead atoms. The average molecular weight is 699 g/mol. The molecule has 2 N–H and O–H groups in total.